The number of ether oxygens (including phenoxy) is 1. The van der Waals surface area contributed by atoms with E-state index in [-0.39, 0.29) is 5.69 Å². The second kappa shape index (κ2) is 6.85. The smallest absolute Gasteiger partial charge is 0.269 e. The van der Waals surface area contributed by atoms with Crippen LogP contribution in [0.1, 0.15) is 20.3 Å². The van der Waals surface area contributed by atoms with E-state index in [1.807, 2.05) is 0 Å². The van der Waals surface area contributed by atoms with E-state index in [1.165, 1.54) is 12.1 Å². The van der Waals surface area contributed by atoms with Crippen molar-refractivity contribution in [3.05, 3.63) is 34.4 Å². The third-order valence-corrected chi connectivity index (χ3v) is 2.52. The second-order valence-electron chi connectivity index (χ2n) is 3.86. The fraction of sp³-hybridized carbons (Fsp3) is 0.500. The normalized spacial score (nSPS) is 12.1. The molecule has 0 fully saturated rings. The van der Waals surface area contributed by atoms with E-state index in [1.54, 1.807) is 12.1 Å². The summed E-state index contributed by atoms with van der Waals surface area (Å²) in [6, 6.07) is 6.59. The Morgan fingerprint density at radius 3 is 2.59 bits per heavy atom. The van der Waals surface area contributed by atoms with Crippen LogP contribution in [0.15, 0.2) is 24.3 Å². The van der Waals surface area contributed by atoms with Crippen LogP contribution in [0.5, 0.6) is 5.75 Å². The molecule has 0 saturated heterocycles. The first-order chi connectivity index (χ1) is 8.13. The lowest BCUT2D eigenvalue weighted by Gasteiger charge is -2.11. The minimum Gasteiger partial charge on any atom is -0.492 e. The van der Waals surface area contributed by atoms with Gasteiger partial charge in [0.2, 0.25) is 0 Å². The van der Waals surface area contributed by atoms with Gasteiger partial charge < -0.3 is 10.1 Å². The van der Waals surface area contributed by atoms with Crippen molar-refractivity contribution in [1.29, 1.82) is 0 Å². The van der Waals surface area contributed by atoms with Gasteiger partial charge in [-0.15, -0.1) is 0 Å². The molecule has 17 heavy (non-hydrogen) atoms. The van der Waals surface area contributed by atoms with Crippen LogP contribution in [0.3, 0.4) is 0 Å². The molecule has 1 aromatic carbocycles. The van der Waals surface area contributed by atoms with Gasteiger partial charge in [0.1, 0.15) is 12.4 Å². The number of nitro benzene ring substituents is 1. The summed E-state index contributed by atoms with van der Waals surface area (Å²) in [5, 5.41) is 13.7. The average molecular weight is 238 g/mol. The quantitative estimate of drug-likeness (QED) is 0.450. The van der Waals surface area contributed by atoms with Gasteiger partial charge in [-0.2, -0.15) is 0 Å². The maximum atomic E-state index is 10.4. The first-order valence-corrected chi connectivity index (χ1v) is 5.74. The molecule has 5 heteroatoms. The maximum absolute atomic E-state index is 10.4. The van der Waals surface area contributed by atoms with E-state index in [9.17, 15) is 10.1 Å². The zero-order valence-electron chi connectivity index (χ0n) is 10.2. The summed E-state index contributed by atoms with van der Waals surface area (Å²) in [5.41, 5.74) is 0.0788. The molecule has 0 aliphatic rings. The highest BCUT2D eigenvalue weighted by molar-refractivity contribution is 5.35. The van der Waals surface area contributed by atoms with Gasteiger partial charge in [-0.1, -0.05) is 6.92 Å². The molecule has 0 radical (unpaired) electrons. The Balaban J connectivity index is 2.30. The summed E-state index contributed by atoms with van der Waals surface area (Å²) in [7, 11) is 0. The Labute approximate surface area is 101 Å². The van der Waals surface area contributed by atoms with Crippen LogP contribution in [0.2, 0.25) is 0 Å². The van der Waals surface area contributed by atoms with Gasteiger partial charge in [-0.25, -0.2) is 0 Å². The van der Waals surface area contributed by atoms with E-state index >= 15 is 0 Å². The van der Waals surface area contributed by atoms with Crippen molar-refractivity contribution < 1.29 is 9.66 Å². The van der Waals surface area contributed by atoms with Gasteiger partial charge in [0.05, 0.1) is 4.92 Å². The number of nitrogens with zero attached hydrogens (tertiary/aromatic N) is 1. The number of rotatable bonds is 7. The van der Waals surface area contributed by atoms with Crippen molar-refractivity contribution in [2.45, 2.75) is 26.3 Å². The lowest BCUT2D eigenvalue weighted by molar-refractivity contribution is -0.384. The monoisotopic (exact) mass is 238 g/mol. The second-order valence-corrected chi connectivity index (χ2v) is 3.86. The van der Waals surface area contributed by atoms with E-state index in [2.05, 4.69) is 19.2 Å². The summed E-state index contributed by atoms with van der Waals surface area (Å²) in [4.78, 5) is 10.0. The van der Waals surface area contributed by atoms with Gasteiger partial charge in [0.25, 0.3) is 5.69 Å². The number of nitro groups is 1. The lowest BCUT2D eigenvalue weighted by atomic mass is 10.3. The van der Waals surface area contributed by atoms with E-state index in [0.717, 1.165) is 13.0 Å². The Morgan fingerprint density at radius 2 is 2.06 bits per heavy atom. The molecule has 0 aliphatic carbocycles. The minimum absolute atomic E-state index is 0.0788. The molecule has 1 N–H and O–H groups in total. The molecule has 0 spiro atoms. The van der Waals surface area contributed by atoms with Crippen LogP contribution >= 0.6 is 0 Å². The molecule has 1 unspecified atom stereocenters. The minimum atomic E-state index is -0.422. The van der Waals surface area contributed by atoms with Crippen molar-refractivity contribution in [1.82, 2.24) is 5.32 Å². The highest BCUT2D eigenvalue weighted by Crippen LogP contribution is 2.16. The third-order valence-electron chi connectivity index (χ3n) is 2.52. The largest absolute Gasteiger partial charge is 0.492 e. The molecule has 94 valence electrons. The molecule has 0 bridgehead atoms. The molecular weight excluding hydrogens is 220 g/mol. The van der Waals surface area contributed by atoms with Crippen molar-refractivity contribution in [3.8, 4) is 5.75 Å². The number of nitrogens with one attached hydrogen (secondary N) is 1. The van der Waals surface area contributed by atoms with Crippen molar-refractivity contribution in [3.63, 3.8) is 0 Å². The van der Waals surface area contributed by atoms with E-state index in [4.69, 9.17) is 4.74 Å². The van der Waals surface area contributed by atoms with Crippen LogP contribution in [0.4, 0.5) is 5.69 Å². The molecule has 1 rings (SSSR count). The molecule has 0 aromatic heterocycles. The van der Waals surface area contributed by atoms with Crippen molar-refractivity contribution in [2.24, 2.45) is 0 Å². The molecule has 1 atom stereocenters. The van der Waals surface area contributed by atoms with Crippen molar-refractivity contribution in [2.75, 3.05) is 13.2 Å². The number of hydrogen-bond donors (Lipinski definition) is 1. The van der Waals surface area contributed by atoms with E-state index in [0.29, 0.717) is 18.4 Å². The highest BCUT2D eigenvalue weighted by Gasteiger charge is 2.04. The zero-order chi connectivity index (χ0) is 12.7. The van der Waals surface area contributed by atoms with Crippen molar-refractivity contribution >= 4 is 5.69 Å². The molecule has 0 amide bonds. The van der Waals surface area contributed by atoms with Gasteiger partial charge in [0.15, 0.2) is 0 Å². The Kier molecular flexibility index (Phi) is 5.42. The Morgan fingerprint density at radius 1 is 1.41 bits per heavy atom. The third kappa shape index (κ3) is 4.82. The molecular formula is C12H18N2O3. The van der Waals surface area contributed by atoms with Crippen LogP contribution in [-0.2, 0) is 0 Å². The van der Waals surface area contributed by atoms with Gasteiger partial charge in [-0.05, 0) is 25.5 Å². The first kappa shape index (κ1) is 13.4. The fourth-order valence-electron chi connectivity index (χ4n) is 1.28. The summed E-state index contributed by atoms with van der Waals surface area (Å²) in [6.07, 6.45) is 1.08. The highest BCUT2D eigenvalue weighted by atomic mass is 16.6. The molecule has 0 saturated carbocycles. The molecule has 0 aliphatic heterocycles. The number of non-ortho nitro benzene ring substituents is 1. The fourth-order valence-corrected chi connectivity index (χ4v) is 1.28. The Hall–Kier alpha value is -1.62. The van der Waals surface area contributed by atoms with Gasteiger partial charge in [-0.3, -0.25) is 10.1 Å². The topological polar surface area (TPSA) is 64.4 Å². The standard InChI is InChI=1S/C12H18N2O3/c1-3-10(2)13-8-9-17-12-6-4-11(5-7-12)14(15)16/h4-7,10,13H,3,8-9H2,1-2H3. The summed E-state index contributed by atoms with van der Waals surface area (Å²) in [5.74, 6) is 0.654. The number of hydrogen-bond acceptors (Lipinski definition) is 4. The van der Waals surface area contributed by atoms with Crippen LogP contribution in [0, 0.1) is 10.1 Å². The maximum Gasteiger partial charge on any atom is 0.269 e. The Bertz CT molecular complexity index is 351. The van der Waals surface area contributed by atoms with Gasteiger partial charge in [0, 0.05) is 24.7 Å². The summed E-state index contributed by atoms with van der Waals surface area (Å²) in [6.45, 7) is 5.56. The van der Waals surface area contributed by atoms with E-state index < -0.39 is 4.92 Å². The number of benzene rings is 1. The molecule has 1 aromatic rings. The lowest BCUT2D eigenvalue weighted by Crippen LogP contribution is -2.29. The summed E-state index contributed by atoms with van der Waals surface area (Å²) >= 11 is 0. The summed E-state index contributed by atoms with van der Waals surface area (Å²) < 4.78 is 5.45. The average Bonchev–Trinajstić information content (AvgIpc) is 2.34. The molecule has 0 heterocycles. The first-order valence-electron chi connectivity index (χ1n) is 5.74. The SMILES string of the molecule is CCC(C)NCCOc1ccc([N+](=O)[O-])cc1. The van der Waals surface area contributed by atoms with Crippen LogP contribution in [-0.4, -0.2) is 24.1 Å². The van der Waals surface area contributed by atoms with Crippen LogP contribution in [0.25, 0.3) is 0 Å². The zero-order valence-corrected chi connectivity index (χ0v) is 10.2. The van der Waals surface area contributed by atoms with Gasteiger partial charge >= 0.3 is 0 Å². The molecule has 5 nitrogen and oxygen atoms in total. The van der Waals surface area contributed by atoms with Crippen LogP contribution < -0.4 is 10.1 Å². The predicted octanol–water partition coefficient (Wildman–Crippen LogP) is 2.36. The predicted molar refractivity (Wildman–Crippen MR) is 66.3 cm³/mol.